The molecule has 22 heavy (non-hydrogen) atoms. The molecule has 2 aliphatic rings. The van der Waals surface area contributed by atoms with Crippen LogP contribution < -0.4 is 0 Å². The number of epoxide rings is 2. The molecular formula is C16H18O6. The fraction of sp³-hybridized carbons (Fsp3) is 0.500. The van der Waals surface area contributed by atoms with Crippen LogP contribution in [0.15, 0.2) is 12.1 Å². The third-order valence-electron chi connectivity index (χ3n) is 4.49. The number of aromatic carboxylic acids is 2. The minimum Gasteiger partial charge on any atom is -0.478 e. The van der Waals surface area contributed by atoms with Crippen molar-refractivity contribution in [2.75, 3.05) is 13.2 Å². The lowest BCUT2D eigenvalue weighted by Gasteiger charge is -2.23. The number of ether oxygens (including phenoxy) is 2. The lowest BCUT2D eigenvalue weighted by atomic mass is 9.80. The predicted molar refractivity (Wildman–Crippen MR) is 76.7 cm³/mol. The maximum absolute atomic E-state index is 11.6. The van der Waals surface area contributed by atoms with Crippen molar-refractivity contribution in [3.63, 3.8) is 0 Å². The highest BCUT2D eigenvalue weighted by molar-refractivity contribution is 5.95. The van der Waals surface area contributed by atoms with Crippen molar-refractivity contribution in [3.8, 4) is 0 Å². The van der Waals surface area contributed by atoms with Crippen LogP contribution in [0.3, 0.4) is 0 Å². The van der Waals surface area contributed by atoms with E-state index >= 15 is 0 Å². The van der Waals surface area contributed by atoms with Gasteiger partial charge in [-0.25, -0.2) is 9.59 Å². The summed E-state index contributed by atoms with van der Waals surface area (Å²) < 4.78 is 10.6. The summed E-state index contributed by atoms with van der Waals surface area (Å²) in [6.45, 7) is 4.92. The summed E-state index contributed by atoms with van der Waals surface area (Å²) in [5.41, 5.74) is 1.43. The SMILES string of the molecule is CC(c1c(C(=O)O)ccc(C(=O)O)c1C(C)C1CO1)C1CO1. The van der Waals surface area contributed by atoms with Crippen LogP contribution in [0.5, 0.6) is 0 Å². The lowest BCUT2D eigenvalue weighted by molar-refractivity contribution is 0.0677. The van der Waals surface area contributed by atoms with Gasteiger partial charge in [0.25, 0.3) is 0 Å². The summed E-state index contributed by atoms with van der Waals surface area (Å²) in [6, 6.07) is 2.76. The summed E-state index contributed by atoms with van der Waals surface area (Å²) in [5.74, 6) is -2.43. The molecule has 0 bridgehead atoms. The third-order valence-corrected chi connectivity index (χ3v) is 4.49. The molecule has 6 nitrogen and oxygen atoms in total. The molecule has 2 N–H and O–H groups in total. The molecule has 2 fully saturated rings. The Morgan fingerprint density at radius 3 is 1.50 bits per heavy atom. The number of carboxylic acid groups (broad SMARTS) is 2. The molecule has 2 aliphatic heterocycles. The van der Waals surface area contributed by atoms with Gasteiger partial charge in [-0.1, -0.05) is 13.8 Å². The second-order valence-electron chi connectivity index (χ2n) is 5.92. The largest absolute Gasteiger partial charge is 0.478 e. The quantitative estimate of drug-likeness (QED) is 0.781. The zero-order valence-electron chi connectivity index (χ0n) is 12.4. The zero-order chi connectivity index (χ0) is 16.0. The zero-order valence-corrected chi connectivity index (χ0v) is 12.4. The molecule has 0 saturated carbocycles. The Hall–Kier alpha value is -1.92. The van der Waals surface area contributed by atoms with E-state index in [-0.39, 0.29) is 35.2 Å². The highest BCUT2D eigenvalue weighted by atomic mass is 16.6. The Balaban J connectivity index is 2.21. The number of rotatable bonds is 6. The molecule has 0 aromatic heterocycles. The fourth-order valence-electron chi connectivity index (χ4n) is 3.05. The van der Waals surface area contributed by atoms with E-state index < -0.39 is 11.9 Å². The first-order valence-corrected chi connectivity index (χ1v) is 7.28. The lowest BCUT2D eigenvalue weighted by Crippen LogP contribution is -2.19. The van der Waals surface area contributed by atoms with Gasteiger partial charge in [-0.15, -0.1) is 0 Å². The van der Waals surface area contributed by atoms with Crippen LogP contribution in [-0.2, 0) is 9.47 Å². The van der Waals surface area contributed by atoms with Gasteiger partial charge in [-0.05, 0) is 23.3 Å². The average molecular weight is 306 g/mol. The Morgan fingerprint density at radius 2 is 1.27 bits per heavy atom. The maximum atomic E-state index is 11.6. The number of carbonyl (C=O) groups is 2. The first-order chi connectivity index (χ1) is 10.4. The molecule has 0 spiro atoms. The summed E-state index contributed by atoms with van der Waals surface area (Å²) in [6.07, 6.45) is -0.0959. The highest BCUT2D eigenvalue weighted by Gasteiger charge is 2.40. The van der Waals surface area contributed by atoms with Gasteiger partial charge < -0.3 is 19.7 Å². The van der Waals surface area contributed by atoms with Crippen molar-refractivity contribution in [2.24, 2.45) is 0 Å². The van der Waals surface area contributed by atoms with E-state index in [1.165, 1.54) is 12.1 Å². The van der Waals surface area contributed by atoms with E-state index in [2.05, 4.69) is 0 Å². The van der Waals surface area contributed by atoms with Gasteiger partial charge in [0, 0.05) is 11.8 Å². The van der Waals surface area contributed by atoms with Crippen molar-refractivity contribution in [3.05, 3.63) is 34.4 Å². The van der Waals surface area contributed by atoms with Gasteiger partial charge >= 0.3 is 11.9 Å². The summed E-state index contributed by atoms with van der Waals surface area (Å²) in [5, 5.41) is 19.0. The van der Waals surface area contributed by atoms with Gasteiger partial charge in [-0.2, -0.15) is 0 Å². The molecule has 2 heterocycles. The Bertz CT molecular complexity index is 575. The minimum atomic E-state index is -1.05. The van der Waals surface area contributed by atoms with Crippen LogP contribution in [0, 0.1) is 0 Å². The predicted octanol–water partition coefficient (Wildman–Crippen LogP) is 2.09. The van der Waals surface area contributed by atoms with E-state index in [1.54, 1.807) is 0 Å². The van der Waals surface area contributed by atoms with Crippen molar-refractivity contribution >= 4 is 11.9 Å². The molecule has 0 radical (unpaired) electrons. The van der Waals surface area contributed by atoms with E-state index in [4.69, 9.17) is 9.47 Å². The van der Waals surface area contributed by atoms with Crippen molar-refractivity contribution in [2.45, 2.75) is 37.9 Å². The van der Waals surface area contributed by atoms with Gasteiger partial charge in [0.05, 0.1) is 36.5 Å². The normalized spacial score (nSPS) is 25.4. The number of benzene rings is 1. The fourth-order valence-corrected chi connectivity index (χ4v) is 3.05. The molecule has 4 unspecified atom stereocenters. The van der Waals surface area contributed by atoms with Crippen LogP contribution in [0.1, 0.15) is 57.5 Å². The number of hydrogen-bond acceptors (Lipinski definition) is 4. The topological polar surface area (TPSA) is 99.7 Å². The van der Waals surface area contributed by atoms with E-state index in [0.717, 1.165) is 0 Å². The third kappa shape index (κ3) is 2.60. The molecule has 6 heteroatoms. The summed E-state index contributed by atoms with van der Waals surface area (Å²) >= 11 is 0. The Kier molecular flexibility index (Phi) is 3.66. The van der Waals surface area contributed by atoms with E-state index in [9.17, 15) is 19.8 Å². The second-order valence-corrected chi connectivity index (χ2v) is 5.92. The van der Waals surface area contributed by atoms with Crippen LogP contribution >= 0.6 is 0 Å². The minimum absolute atomic E-state index is 0.0479. The smallest absolute Gasteiger partial charge is 0.335 e. The highest BCUT2D eigenvalue weighted by Crippen LogP contribution is 2.41. The molecule has 0 aliphatic carbocycles. The maximum Gasteiger partial charge on any atom is 0.335 e. The first-order valence-electron chi connectivity index (χ1n) is 7.28. The standard InChI is InChI=1S/C16H18O6/c1-7(11-5-21-11)13-9(15(17)18)3-4-10(16(19)20)14(13)8(2)12-6-22-12/h3-4,7-8,11-12H,5-6H2,1-2H3,(H,17,18)(H,19,20). The summed E-state index contributed by atoms with van der Waals surface area (Å²) in [4.78, 5) is 23.2. The molecule has 4 atom stereocenters. The second kappa shape index (κ2) is 5.37. The molecule has 3 rings (SSSR count). The van der Waals surface area contributed by atoms with Gasteiger partial charge in [0.15, 0.2) is 0 Å². The molecule has 0 amide bonds. The van der Waals surface area contributed by atoms with Crippen LogP contribution in [0.25, 0.3) is 0 Å². The van der Waals surface area contributed by atoms with E-state index in [0.29, 0.717) is 24.3 Å². The molecule has 1 aromatic carbocycles. The van der Waals surface area contributed by atoms with Gasteiger partial charge in [0.1, 0.15) is 0 Å². The van der Waals surface area contributed by atoms with Crippen molar-refractivity contribution in [1.29, 1.82) is 0 Å². The number of carboxylic acids is 2. The average Bonchev–Trinajstić information content (AvgIpc) is 3.35. The van der Waals surface area contributed by atoms with Gasteiger partial charge in [0.2, 0.25) is 0 Å². The number of hydrogen-bond donors (Lipinski definition) is 2. The van der Waals surface area contributed by atoms with E-state index in [1.807, 2.05) is 13.8 Å². The van der Waals surface area contributed by atoms with Crippen LogP contribution in [0.4, 0.5) is 0 Å². The molecule has 2 saturated heterocycles. The Labute approximate surface area is 127 Å². The summed E-state index contributed by atoms with van der Waals surface area (Å²) in [7, 11) is 0. The molecule has 118 valence electrons. The first kappa shape index (κ1) is 15.0. The Morgan fingerprint density at radius 1 is 0.955 bits per heavy atom. The molecule has 1 aromatic rings. The van der Waals surface area contributed by atoms with Crippen LogP contribution in [-0.4, -0.2) is 47.6 Å². The molecular weight excluding hydrogens is 288 g/mol. The monoisotopic (exact) mass is 306 g/mol. The van der Waals surface area contributed by atoms with Gasteiger partial charge in [-0.3, -0.25) is 0 Å². The van der Waals surface area contributed by atoms with Crippen molar-refractivity contribution < 1.29 is 29.3 Å². The van der Waals surface area contributed by atoms with Crippen LogP contribution in [0.2, 0.25) is 0 Å². The van der Waals surface area contributed by atoms with Crippen molar-refractivity contribution in [1.82, 2.24) is 0 Å².